The zero-order valence-electron chi connectivity index (χ0n) is 22.6. The molecule has 2 aromatic heterocycles. The summed E-state index contributed by atoms with van der Waals surface area (Å²) in [5, 5.41) is 10.3. The lowest BCUT2D eigenvalue weighted by Gasteiger charge is -2.36. The molecule has 2 aliphatic rings. The van der Waals surface area contributed by atoms with Crippen molar-refractivity contribution < 1.29 is 31.5 Å². The van der Waals surface area contributed by atoms with Gasteiger partial charge in [0.2, 0.25) is 0 Å². The fourth-order valence-electron chi connectivity index (χ4n) is 6.13. The Hall–Kier alpha value is -3.15. The summed E-state index contributed by atoms with van der Waals surface area (Å²) in [5.74, 6) is -4.00. The standard InChI is InChI=1S/C30H32F3N3O4S/c1-16-10-19(13-25(34)30(16)38)21-4-7-35-15-20(21)14-27(37)26-3-2-22(31)29(36-26)28-23(32)11-18(12-24(28)33)17-5-8-41(39,40)9-6-17/h2-4,7,11-12,15-17,19,25,30,38H,5-6,8-10,13-14,34H2,1H3/t16-,19+,25+,30+/m0/s1. The monoisotopic (exact) mass is 587 g/mol. The van der Waals surface area contributed by atoms with Gasteiger partial charge in [-0.15, -0.1) is 0 Å². The van der Waals surface area contributed by atoms with Crippen LogP contribution in [0.5, 0.6) is 0 Å². The molecule has 7 nitrogen and oxygen atoms in total. The largest absolute Gasteiger partial charge is 0.391 e. The molecule has 1 aliphatic heterocycles. The van der Waals surface area contributed by atoms with Crippen molar-refractivity contribution in [2.45, 2.75) is 63.0 Å². The molecule has 1 aromatic carbocycles. The third-order valence-corrected chi connectivity index (χ3v) is 10.1. The molecular weight excluding hydrogens is 555 g/mol. The van der Waals surface area contributed by atoms with Gasteiger partial charge < -0.3 is 10.8 Å². The van der Waals surface area contributed by atoms with Gasteiger partial charge in [-0.25, -0.2) is 26.6 Å². The van der Waals surface area contributed by atoms with Crippen LogP contribution >= 0.6 is 0 Å². The molecule has 5 rings (SSSR count). The van der Waals surface area contributed by atoms with E-state index >= 15 is 8.78 Å². The highest BCUT2D eigenvalue weighted by molar-refractivity contribution is 7.91. The number of nitrogens with two attached hydrogens (primary N) is 1. The number of aliphatic hydroxyl groups is 1. The SMILES string of the molecule is C[C@H]1C[C@@H](c2ccncc2CC(=O)c2ccc(F)c(-c3c(F)cc(C4CCS(=O)(=O)CC4)cc3F)n2)C[C@@H](N)[C@@H]1O. The summed E-state index contributed by atoms with van der Waals surface area (Å²) in [6.07, 6.45) is 4.21. The van der Waals surface area contributed by atoms with Crippen LogP contribution in [0, 0.1) is 23.4 Å². The number of benzene rings is 1. The van der Waals surface area contributed by atoms with Gasteiger partial charge in [0.25, 0.3) is 0 Å². The molecule has 11 heteroatoms. The summed E-state index contributed by atoms with van der Waals surface area (Å²) < 4.78 is 68.8. The van der Waals surface area contributed by atoms with Crippen molar-refractivity contribution in [3.63, 3.8) is 0 Å². The zero-order valence-corrected chi connectivity index (χ0v) is 23.4. The molecule has 3 aromatic rings. The molecule has 0 amide bonds. The molecule has 41 heavy (non-hydrogen) atoms. The highest BCUT2D eigenvalue weighted by Gasteiger charge is 2.34. The highest BCUT2D eigenvalue weighted by atomic mass is 32.2. The molecule has 2 fully saturated rings. The van der Waals surface area contributed by atoms with E-state index in [-0.39, 0.29) is 54.2 Å². The van der Waals surface area contributed by atoms with E-state index in [9.17, 15) is 22.7 Å². The molecule has 3 heterocycles. The fraction of sp³-hybridized carbons (Fsp3) is 0.433. The van der Waals surface area contributed by atoms with E-state index in [0.717, 1.165) is 23.8 Å². The van der Waals surface area contributed by atoms with E-state index < -0.39 is 56.5 Å². The Bertz CT molecular complexity index is 1530. The van der Waals surface area contributed by atoms with Crippen molar-refractivity contribution >= 4 is 15.6 Å². The van der Waals surface area contributed by atoms with Crippen LogP contribution in [-0.2, 0) is 16.3 Å². The number of pyridine rings is 2. The molecule has 218 valence electrons. The van der Waals surface area contributed by atoms with E-state index in [1.54, 1.807) is 12.4 Å². The van der Waals surface area contributed by atoms with Gasteiger partial charge in [0.15, 0.2) is 5.78 Å². The molecule has 1 saturated carbocycles. The van der Waals surface area contributed by atoms with Crippen LogP contribution in [-0.4, -0.2) is 52.9 Å². The van der Waals surface area contributed by atoms with E-state index in [0.29, 0.717) is 24.0 Å². The molecule has 0 radical (unpaired) electrons. The van der Waals surface area contributed by atoms with Crippen LogP contribution in [0.25, 0.3) is 11.3 Å². The number of nitrogens with zero attached hydrogens (tertiary/aromatic N) is 2. The minimum Gasteiger partial charge on any atom is -0.391 e. The van der Waals surface area contributed by atoms with Gasteiger partial charge in [0.1, 0.15) is 38.7 Å². The van der Waals surface area contributed by atoms with Gasteiger partial charge in [0, 0.05) is 24.9 Å². The average Bonchev–Trinajstić information content (AvgIpc) is 2.92. The number of rotatable bonds is 6. The normalized spacial score (nSPS) is 24.7. The van der Waals surface area contributed by atoms with E-state index in [4.69, 9.17) is 5.73 Å². The number of aromatic nitrogens is 2. The second kappa shape index (κ2) is 11.6. The predicted molar refractivity (Wildman–Crippen MR) is 148 cm³/mol. The molecule has 3 N–H and O–H groups in total. The smallest absolute Gasteiger partial charge is 0.185 e. The Labute approximate surface area is 237 Å². The molecular formula is C30H32F3N3O4S. The van der Waals surface area contributed by atoms with Crippen molar-refractivity contribution in [2.24, 2.45) is 11.7 Å². The van der Waals surface area contributed by atoms with Gasteiger partial charge in [-0.1, -0.05) is 6.92 Å². The van der Waals surface area contributed by atoms with Gasteiger partial charge >= 0.3 is 0 Å². The van der Waals surface area contributed by atoms with Crippen molar-refractivity contribution in [2.75, 3.05) is 11.5 Å². The lowest BCUT2D eigenvalue weighted by molar-refractivity contribution is 0.0519. The number of Topliss-reactive ketones (excluding diaryl/α,β-unsaturated/α-hetero) is 1. The molecule has 1 aliphatic carbocycles. The summed E-state index contributed by atoms with van der Waals surface area (Å²) in [7, 11) is -3.15. The first-order valence-electron chi connectivity index (χ1n) is 13.7. The Morgan fingerprint density at radius 1 is 1.02 bits per heavy atom. The molecule has 0 spiro atoms. The van der Waals surface area contributed by atoms with Gasteiger partial charge in [-0.05, 0) is 90.5 Å². The number of aliphatic hydroxyl groups excluding tert-OH is 1. The van der Waals surface area contributed by atoms with Crippen LogP contribution in [0.4, 0.5) is 13.2 Å². The lowest BCUT2D eigenvalue weighted by Crippen LogP contribution is -2.44. The third-order valence-electron chi connectivity index (χ3n) is 8.43. The second-order valence-electron chi connectivity index (χ2n) is 11.3. The number of hydrogen-bond donors (Lipinski definition) is 2. The Balaban J connectivity index is 1.40. The van der Waals surface area contributed by atoms with E-state index in [2.05, 4.69) is 9.97 Å². The van der Waals surface area contributed by atoms with E-state index in [1.165, 1.54) is 6.07 Å². The van der Waals surface area contributed by atoms with Gasteiger partial charge in [-0.2, -0.15) is 0 Å². The van der Waals surface area contributed by atoms with Crippen LogP contribution in [0.2, 0.25) is 0 Å². The number of carbonyl (C=O) groups is 1. The number of carbonyl (C=O) groups excluding carboxylic acids is 1. The topological polar surface area (TPSA) is 123 Å². The average molecular weight is 588 g/mol. The number of ketones is 1. The number of hydrogen-bond acceptors (Lipinski definition) is 7. The summed E-state index contributed by atoms with van der Waals surface area (Å²) >= 11 is 0. The van der Waals surface area contributed by atoms with Crippen molar-refractivity contribution in [1.82, 2.24) is 9.97 Å². The highest BCUT2D eigenvalue weighted by Crippen LogP contribution is 2.38. The Morgan fingerprint density at radius 3 is 2.37 bits per heavy atom. The maximum absolute atomic E-state index is 15.2. The fourth-order valence-corrected chi connectivity index (χ4v) is 7.62. The summed E-state index contributed by atoms with van der Waals surface area (Å²) in [6.45, 7) is 1.93. The Morgan fingerprint density at radius 2 is 1.71 bits per heavy atom. The first-order valence-corrected chi connectivity index (χ1v) is 15.5. The van der Waals surface area contributed by atoms with E-state index in [1.807, 2.05) is 13.0 Å². The lowest BCUT2D eigenvalue weighted by atomic mass is 9.74. The quantitative estimate of drug-likeness (QED) is 0.408. The summed E-state index contributed by atoms with van der Waals surface area (Å²) in [4.78, 5) is 21.5. The van der Waals surface area contributed by atoms with Crippen molar-refractivity contribution in [3.05, 3.63) is 82.6 Å². The first kappa shape index (κ1) is 29.3. The minimum atomic E-state index is -3.15. The minimum absolute atomic E-state index is 0.0110. The summed E-state index contributed by atoms with van der Waals surface area (Å²) in [5.41, 5.74) is 6.52. The van der Waals surface area contributed by atoms with Crippen LogP contribution in [0.15, 0.2) is 42.7 Å². The van der Waals surface area contributed by atoms with Gasteiger partial charge in [0.05, 0.1) is 23.2 Å². The van der Waals surface area contributed by atoms with Crippen LogP contribution in [0.1, 0.15) is 71.6 Å². The molecule has 0 bridgehead atoms. The van der Waals surface area contributed by atoms with Crippen LogP contribution < -0.4 is 5.73 Å². The first-order chi connectivity index (χ1) is 19.4. The molecule has 1 saturated heterocycles. The number of sulfone groups is 1. The molecule has 4 atom stereocenters. The predicted octanol–water partition coefficient (Wildman–Crippen LogP) is 4.48. The van der Waals surface area contributed by atoms with Crippen molar-refractivity contribution in [3.8, 4) is 11.3 Å². The maximum Gasteiger partial charge on any atom is 0.185 e. The van der Waals surface area contributed by atoms with Crippen molar-refractivity contribution in [1.29, 1.82) is 0 Å². The summed E-state index contributed by atoms with van der Waals surface area (Å²) in [6, 6.07) is 5.74. The van der Waals surface area contributed by atoms with Gasteiger partial charge in [-0.3, -0.25) is 9.78 Å². The van der Waals surface area contributed by atoms with Crippen LogP contribution in [0.3, 0.4) is 0 Å². The second-order valence-corrected chi connectivity index (χ2v) is 13.6. The zero-order chi connectivity index (χ0) is 29.5. The molecule has 0 unspecified atom stereocenters. The third kappa shape index (κ3) is 6.22. The number of halogens is 3. The Kier molecular flexibility index (Phi) is 8.31. The maximum atomic E-state index is 15.2.